The Balaban J connectivity index is 1.77. The Morgan fingerprint density at radius 3 is 2.40 bits per heavy atom. The van der Waals surface area contributed by atoms with Crippen LogP contribution in [0.3, 0.4) is 0 Å². The van der Waals surface area contributed by atoms with Crippen molar-refractivity contribution in [3.05, 3.63) is 77.2 Å². The van der Waals surface area contributed by atoms with Crippen LogP contribution in [0.15, 0.2) is 59.0 Å². The van der Waals surface area contributed by atoms with Gasteiger partial charge in [-0.2, -0.15) is 0 Å². The third-order valence-corrected chi connectivity index (χ3v) is 4.64. The minimum atomic E-state index is -0.467. The van der Waals surface area contributed by atoms with Gasteiger partial charge in [-0.1, -0.05) is 12.1 Å². The lowest BCUT2D eigenvalue weighted by molar-refractivity contribution is 0.0598. The number of hydrogen-bond acceptors (Lipinski definition) is 6. The molecule has 0 spiro atoms. The molecule has 7 nitrogen and oxygen atoms in total. The molecule has 7 heteroatoms. The number of carbonyl (C=O) groups is 2. The van der Waals surface area contributed by atoms with Crippen LogP contribution in [0.5, 0.6) is 5.75 Å². The molecule has 0 radical (unpaired) electrons. The van der Waals surface area contributed by atoms with Gasteiger partial charge in [-0.3, -0.25) is 4.79 Å². The number of benzene rings is 2. The molecule has 0 bridgehead atoms. The van der Waals surface area contributed by atoms with Gasteiger partial charge in [0.15, 0.2) is 0 Å². The number of nitrogens with zero attached hydrogens (tertiary/aromatic N) is 1. The highest BCUT2D eigenvalue weighted by Gasteiger charge is 2.20. The second kappa shape index (κ2) is 9.17. The average Bonchev–Trinajstić information content (AvgIpc) is 3.13. The summed E-state index contributed by atoms with van der Waals surface area (Å²) in [5, 5.41) is 3.27. The first-order valence-corrected chi connectivity index (χ1v) is 9.36. The second-order valence-electron chi connectivity index (χ2n) is 6.73. The molecule has 0 atom stereocenters. The van der Waals surface area contributed by atoms with E-state index >= 15 is 0 Å². The van der Waals surface area contributed by atoms with Gasteiger partial charge >= 0.3 is 5.97 Å². The lowest BCUT2D eigenvalue weighted by Gasteiger charge is -2.18. The fourth-order valence-corrected chi connectivity index (χ4v) is 3.05. The zero-order valence-corrected chi connectivity index (χ0v) is 17.4. The second-order valence-corrected chi connectivity index (χ2v) is 6.73. The molecule has 3 rings (SSSR count). The Kier molecular flexibility index (Phi) is 6.41. The number of esters is 1. The van der Waals surface area contributed by atoms with Crippen molar-refractivity contribution in [3.8, 4) is 5.75 Å². The highest BCUT2D eigenvalue weighted by atomic mass is 16.5. The van der Waals surface area contributed by atoms with Crippen LogP contribution in [-0.2, 0) is 11.3 Å². The molecule has 0 aliphatic carbocycles. The van der Waals surface area contributed by atoms with E-state index in [1.807, 2.05) is 42.5 Å². The largest absolute Gasteiger partial charge is 0.497 e. The topological polar surface area (TPSA) is 81.0 Å². The van der Waals surface area contributed by atoms with Crippen molar-refractivity contribution < 1.29 is 23.5 Å². The minimum absolute atomic E-state index is 0.180. The molecule has 2 aromatic carbocycles. The predicted molar refractivity (Wildman–Crippen MR) is 113 cm³/mol. The number of ether oxygens (including phenoxy) is 2. The molecule has 3 aromatic rings. The SMILES string of the molecule is COC(=O)c1cc(CN(C)C(=O)c2ccccc2Nc2ccc(OC)cc2)oc1C. The number of rotatable bonds is 7. The maximum atomic E-state index is 13.1. The average molecular weight is 408 g/mol. The quantitative estimate of drug-likeness (QED) is 0.584. The summed E-state index contributed by atoms with van der Waals surface area (Å²) >= 11 is 0. The summed E-state index contributed by atoms with van der Waals surface area (Å²) in [5.74, 6) is 1.07. The van der Waals surface area contributed by atoms with Crippen molar-refractivity contribution in [1.29, 1.82) is 0 Å². The highest BCUT2D eigenvalue weighted by molar-refractivity contribution is 6.00. The van der Waals surface area contributed by atoms with E-state index in [1.54, 1.807) is 33.2 Å². The van der Waals surface area contributed by atoms with Gasteiger partial charge in [-0.15, -0.1) is 0 Å². The molecule has 30 heavy (non-hydrogen) atoms. The number of nitrogens with one attached hydrogen (secondary N) is 1. The fourth-order valence-electron chi connectivity index (χ4n) is 3.05. The van der Waals surface area contributed by atoms with E-state index in [2.05, 4.69) is 5.32 Å². The normalized spacial score (nSPS) is 10.4. The Bertz CT molecular complexity index is 1040. The Morgan fingerprint density at radius 2 is 1.73 bits per heavy atom. The maximum Gasteiger partial charge on any atom is 0.341 e. The van der Waals surface area contributed by atoms with Crippen LogP contribution in [0, 0.1) is 6.92 Å². The van der Waals surface area contributed by atoms with Crippen molar-refractivity contribution in [3.63, 3.8) is 0 Å². The maximum absolute atomic E-state index is 13.1. The summed E-state index contributed by atoms with van der Waals surface area (Å²) < 4.78 is 15.5. The van der Waals surface area contributed by atoms with Crippen LogP contribution >= 0.6 is 0 Å². The van der Waals surface area contributed by atoms with Gasteiger partial charge in [0.2, 0.25) is 0 Å². The Labute approximate surface area is 175 Å². The van der Waals surface area contributed by atoms with Gasteiger partial charge < -0.3 is 24.1 Å². The molecular formula is C23H24N2O5. The molecule has 1 amide bonds. The van der Waals surface area contributed by atoms with Gasteiger partial charge in [0.1, 0.15) is 22.8 Å². The number of furan rings is 1. The number of methoxy groups -OCH3 is 2. The number of hydrogen-bond donors (Lipinski definition) is 1. The highest BCUT2D eigenvalue weighted by Crippen LogP contribution is 2.25. The van der Waals surface area contributed by atoms with Gasteiger partial charge in [0.05, 0.1) is 32.0 Å². The van der Waals surface area contributed by atoms with Crippen LogP contribution < -0.4 is 10.1 Å². The summed E-state index contributed by atoms with van der Waals surface area (Å²) in [6.07, 6.45) is 0. The zero-order chi connectivity index (χ0) is 21.7. The van der Waals surface area contributed by atoms with Gasteiger partial charge in [-0.05, 0) is 49.4 Å². The molecule has 1 N–H and O–H groups in total. The Morgan fingerprint density at radius 1 is 1.03 bits per heavy atom. The molecule has 0 aliphatic rings. The van der Waals surface area contributed by atoms with Crippen LogP contribution in [0.2, 0.25) is 0 Å². The summed E-state index contributed by atoms with van der Waals surface area (Å²) in [7, 11) is 4.61. The number of aryl methyl sites for hydroxylation is 1. The van der Waals surface area contributed by atoms with Gasteiger partial charge in [0, 0.05) is 12.7 Å². The van der Waals surface area contributed by atoms with E-state index < -0.39 is 5.97 Å². The molecule has 1 heterocycles. The Hall–Kier alpha value is -3.74. The summed E-state index contributed by atoms with van der Waals surface area (Å²) in [6, 6.07) is 16.3. The van der Waals surface area contributed by atoms with Gasteiger partial charge in [-0.25, -0.2) is 4.79 Å². The predicted octanol–water partition coefficient (Wildman–Crippen LogP) is 4.40. The monoisotopic (exact) mass is 408 g/mol. The first-order chi connectivity index (χ1) is 14.4. The standard InChI is InChI=1S/C23H24N2O5/c1-15-20(23(27)29-4)13-18(30-15)14-25(2)22(26)19-7-5-6-8-21(19)24-16-9-11-17(28-3)12-10-16/h5-13,24H,14H2,1-4H3. The molecule has 0 unspecified atom stereocenters. The van der Waals surface area contributed by atoms with Crippen molar-refractivity contribution in [2.24, 2.45) is 0 Å². The first kappa shape index (κ1) is 21.0. The lowest BCUT2D eigenvalue weighted by atomic mass is 10.1. The number of para-hydroxylation sites is 1. The zero-order valence-electron chi connectivity index (χ0n) is 17.4. The molecule has 156 valence electrons. The van der Waals surface area contributed by atoms with Crippen LogP contribution in [-0.4, -0.2) is 38.0 Å². The van der Waals surface area contributed by atoms with E-state index in [9.17, 15) is 9.59 Å². The third kappa shape index (κ3) is 4.63. The van der Waals surface area contributed by atoms with Crippen molar-refractivity contribution in [2.45, 2.75) is 13.5 Å². The minimum Gasteiger partial charge on any atom is -0.497 e. The van der Waals surface area contributed by atoms with E-state index in [1.165, 1.54) is 12.0 Å². The first-order valence-electron chi connectivity index (χ1n) is 9.36. The van der Waals surface area contributed by atoms with E-state index in [0.29, 0.717) is 28.3 Å². The van der Waals surface area contributed by atoms with Crippen LogP contribution in [0.4, 0.5) is 11.4 Å². The summed E-state index contributed by atoms with van der Waals surface area (Å²) in [5.41, 5.74) is 2.40. The van der Waals surface area contributed by atoms with Crippen LogP contribution in [0.25, 0.3) is 0 Å². The molecule has 0 saturated carbocycles. The van der Waals surface area contributed by atoms with E-state index in [4.69, 9.17) is 13.9 Å². The van der Waals surface area contributed by atoms with Crippen LogP contribution in [0.1, 0.15) is 32.2 Å². The van der Waals surface area contributed by atoms with E-state index in [-0.39, 0.29) is 12.5 Å². The summed E-state index contributed by atoms with van der Waals surface area (Å²) in [6.45, 7) is 1.90. The smallest absolute Gasteiger partial charge is 0.341 e. The molecule has 1 aromatic heterocycles. The third-order valence-electron chi connectivity index (χ3n) is 4.64. The van der Waals surface area contributed by atoms with E-state index in [0.717, 1.165) is 11.4 Å². The van der Waals surface area contributed by atoms with Gasteiger partial charge in [0.25, 0.3) is 5.91 Å². The molecule has 0 aliphatic heterocycles. The lowest BCUT2D eigenvalue weighted by Crippen LogP contribution is -2.26. The number of amides is 1. The van der Waals surface area contributed by atoms with Crippen molar-refractivity contribution in [1.82, 2.24) is 4.90 Å². The fraction of sp³-hybridized carbons (Fsp3) is 0.217. The van der Waals surface area contributed by atoms with Crippen molar-refractivity contribution >= 4 is 23.3 Å². The molecule has 0 fully saturated rings. The number of carbonyl (C=O) groups excluding carboxylic acids is 2. The number of anilines is 2. The molecule has 0 saturated heterocycles. The molecular weight excluding hydrogens is 384 g/mol. The van der Waals surface area contributed by atoms with Crippen molar-refractivity contribution in [2.75, 3.05) is 26.6 Å². The summed E-state index contributed by atoms with van der Waals surface area (Å²) in [4.78, 5) is 26.4.